The molecule has 2 unspecified atom stereocenters. The molecule has 0 spiro atoms. The molecule has 0 aromatic heterocycles. The zero-order chi connectivity index (χ0) is 71.2. The molecule has 0 saturated carbocycles. The molecule has 3 N–H and O–H groups in total. The van der Waals surface area contributed by atoms with Crippen LogP contribution in [0.3, 0.4) is 0 Å². The molecule has 0 radical (unpaired) electrons. The van der Waals surface area contributed by atoms with E-state index < -0.39 is 97.5 Å². The van der Waals surface area contributed by atoms with Crippen molar-refractivity contribution in [3.63, 3.8) is 0 Å². The van der Waals surface area contributed by atoms with Gasteiger partial charge in [0.05, 0.1) is 26.4 Å². The Morgan fingerprint density at radius 2 is 0.474 bits per heavy atom. The monoisotopic (exact) mass is 1420 g/mol. The second kappa shape index (κ2) is 71.1. The summed E-state index contributed by atoms with van der Waals surface area (Å²) in [4.78, 5) is 72.9. The Bertz CT molecular complexity index is 1860. The summed E-state index contributed by atoms with van der Waals surface area (Å²) in [7, 11) is -9.91. The maximum Gasteiger partial charge on any atom is 0.472 e. The van der Waals surface area contributed by atoms with Crippen molar-refractivity contribution in [2.24, 2.45) is 5.92 Å². The van der Waals surface area contributed by atoms with Gasteiger partial charge in [-0.05, 0) is 31.6 Å². The van der Waals surface area contributed by atoms with Crippen molar-refractivity contribution in [3.8, 4) is 0 Å². The van der Waals surface area contributed by atoms with Crippen molar-refractivity contribution < 1.29 is 80.2 Å². The standard InChI is InChI=1S/C78H152O17P2/c1-6-9-12-15-18-21-24-26-28-29-30-31-33-39-44-49-54-59-64-78(83)95-74(68-89-76(81)62-57-52-47-42-37-35-34-36-40-45-50-55-60-71(4)5)70-93-97(86,87)91-66-72(79)65-90-96(84,85)92-69-73(67-88-75(80)61-56-51-46-41-23-20-17-14-11-8-3)94-77(82)63-58-53-48-43-38-32-27-25-22-19-16-13-10-7-2/h71-74,79H,6-70H2,1-5H3,(H,84,85)(H,86,87)/t72-,73+,74+/m0/s1. The largest absolute Gasteiger partial charge is 0.472 e. The third-order valence-electron chi connectivity index (χ3n) is 18.3. The van der Waals surface area contributed by atoms with E-state index in [1.165, 1.54) is 238 Å². The van der Waals surface area contributed by atoms with Gasteiger partial charge in [-0.1, -0.05) is 362 Å². The average molecular weight is 1420 g/mol. The van der Waals surface area contributed by atoms with Gasteiger partial charge >= 0.3 is 39.5 Å². The Morgan fingerprint density at radius 3 is 0.701 bits per heavy atom. The number of aliphatic hydroxyl groups is 1. The minimum atomic E-state index is -4.96. The summed E-state index contributed by atoms with van der Waals surface area (Å²) in [6.45, 7) is 7.32. The van der Waals surface area contributed by atoms with Gasteiger partial charge in [0.25, 0.3) is 0 Å². The van der Waals surface area contributed by atoms with E-state index in [-0.39, 0.29) is 25.7 Å². The lowest BCUT2D eigenvalue weighted by molar-refractivity contribution is -0.161. The molecule has 19 heteroatoms. The molecule has 576 valence electrons. The van der Waals surface area contributed by atoms with Gasteiger partial charge in [0, 0.05) is 25.7 Å². The van der Waals surface area contributed by atoms with Gasteiger partial charge in [0.15, 0.2) is 12.2 Å². The summed E-state index contributed by atoms with van der Waals surface area (Å²) in [5, 5.41) is 10.6. The van der Waals surface area contributed by atoms with Crippen LogP contribution in [0.15, 0.2) is 0 Å². The van der Waals surface area contributed by atoms with Crippen molar-refractivity contribution in [2.45, 2.75) is 432 Å². The topological polar surface area (TPSA) is 237 Å². The van der Waals surface area contributed by atoms with E-state index in [9.17, 15) is 43.2 Å². The smallest absolute Gasteiger partial charge is 0.462 e. The van der Waals surface area contributed by atoms with Gasteiger partial charge in [0.1, 0.15) is 19.3 Å². The predicted octanol–water partition coefficient (Wildman–Crippen LogP) is 23.3. The highest BCUT2D eigenvalue weighted by molar-refractivity contribution is 7.47. The zero-order valence-electron chi connectivity index (χ0n) is 63.2. The molecular weight excluding hydrogens is 1270 g/mol. The van der Waals surface area contributed by atoms with Crippen molar-refractivity contribution in [1.29, 1.82) is 0 Å². The van der Waals surface area contributed by atoms with E-state index in [0.29, 0.717) is 25.7 Å². The molecule has 0 aromatic rings. The quantitative estimate of drug-likeness (QED) is 0.0222. The van der Waals surface area contributed by atoms with E-state index in [4.69, 9.17) is 37.0 Å². The highest BCUT2D eigenvalue weighted by atomic mass is 31.2. The highest BCUT2D eigenvalue weighted by Gasteiger charge is 2.30. The molecule has 0 aromatic carbocycles. The van der Waals surface area contributed by atoms with Crippen molar-refractivity contribution >= 4 is 39.5 Å². The third-order valence-corrected chi connectivity index (χ3v) is 20.2. The van der Waals surface area contributed by atoms with E-state index >= 15 is 0 Å². The number of phosphoric ester groups is 2. The first-order chi connectivity index (χ1) is 47.0. The first-order valence-electron chi connectivity index (χ1n) is 40.6. The van der Waals surface area contributed by atoms with Crippen LogP contribution in [0.4, 0.5) is 0 Å². The minimum absolute atomic E-state index is 0.108. The van der Waals surface area contributed by atoms with Gasteiger partial charge in [-0.25, -0.2) is 9.13 Å². The Labute approximate surface area is 594 Å². The first kappa shape index (κ1) is 95.1. The molecule has 5 atom stereocenters. The van der Waals surface area contributed by atoms with Crippen molar-refractivity contribution in [3.05, 3.63) is 0 Å². The zero-order valence-corrected chi connectivity index (χ0v) is 65.0. The number of ether oxygens (including phenoxy) is 4. The second-order valence-corrected chi connectivity index (χ2v) is 31.5. The van der Waals surface area contributed by atoms with Crippen LogP contribution in [0.5, 0.6) is 0 Å². The molecule has 0 saturated heterocycles. The summed E-state index contributed by atoms with van der Waals surface area (Å²) < 4.78 is 68.6. The number of carbonyl (C=O) groups excluding carboxylic acids is 4. The Hall–Kier alpha value is -1.94. The summed E-state index contributed by atoms with van der Waals surface area (Å²) in [6.07, 6.45) is 60.9. The fraction of sp³-hybridized carbons (Fsp3) is 0.949. The van der Waals surface area contributed by atoms with Gasteiger partial charge in [-0.3, -0.25) is 37.3 Å². The molecule has 0 aliphatic heterocycles. The molecule has 17 nitrogen and oxygen atoms in total. The van der Waals surface area contributed by atoms with Crippen LogP contribution >= 0.6 is 15.6 Å². The molecule has 0 heterocycles. The van der Waals surface area contributed by atoms with E-state index in [0.717, 1.165) is 95.8 Å². The summed E-state index contributed by atoms with van der Waals surface area (Å²) in [5.41, 5.74) is 0. The number of carbonyl (C=O) groups is 4. The first-order valence-corrected chi connectivity index (χ1v) is 43.6. The molecule has 0 aliphatic rings. The highest BCUT2D eigenvalue weighted by Crippen LogP contribution is 2.45. The molecular formula is C78H152O17P2. The van der Waals surface area contributed by atoms with Crippen molar-refractivity contribution in [2.75, 3.05) is 39.6 Å². The summed E-state index contributed by atoms with van der Waals surface area (Å²) in [6, 6.07) is 0. The SMILES string of the molecule is CCCCCCCCCCCCCCCCCCCCC(=O)O[C@H](COC(=O)CCCCCCCCCCCCCCC(C)C)COP(=O)(O)OC[C@@H](O)COP(=O)(O)OC[C@@H](COC(=O)CCCCCCCCCCCC)OC(=O)CCCCCCCCCCCCCCCC. The fourth-order valence-electron chi connectivity index (χ4n) is 12.1. The predicted molar refractivity (Wildman–Crippen MR) is 395 cm³/mol. The van der Waals surface area contributed by atoms with Gasteiger partial charge in [0.2, 0.25) is 0 Å². The number of rotatable bonds is 78. The lowest BCUT2D eigenvalue weighted by Gasteiger charge is -2.21. The van der Waals surface area contributed by atoms with Crippen molar-refractivity contribution in [1.82, 2.24) is 0 Å². The van der Waals surface area contributed by atoms with Crippen LogP contribution in [0.1, 0.15) is 413 Å². The molecule has 0 aliphatic carbocycles. The molecule has 97 heavy (non-hydrogen) atoms. The van der Waals surface area contributed by atoms with Crippen LogP contribution in [0.2, 0.25) is 0 Å². The van der Waals surface area contributed by atoms with Crippen LogP contribution in [-0.4, -0.2) is 96.7 Å². The molecule has 0 bridgehead atoms. The van der Waals surface area contributed by atoms with Crippen LogP contribution in [-0.2, 0) is 65.4 Å². The minimum Gasteiger partial charge on any atom is -0.462 e. The van der Waals surface area contributed by atoms with E-state index in [2.05, 4.69) is 34.6 Å². The Morgan fingerprint density at radius 1 is 0.278 bits per heavy atom. The van der Waals surface area contributed by atoms with E-state index in [1.54, 1.807) is 0 Å². The average Bonchev–Trinajstić information content (AvgIpc) is 2.32. The van der Waals surface area contributed by atoms with Gasteiger partial charge in [-0.2, -0.15) is 0 Å². The van der Waals surface area contributed by atoms with Crippen LogP contribution in [0, 0.1) is 5.92 Å². The molecule has 0 rings (SSSR count). The maximum atomic E-state index is 13.1. The van der Waals surface area contributed by atoms with Gasteiger partial charge in [-0.15, -0.1) is 0 Å². The maximum absolute atomic E-state index is 13.1. The molecule has 0 fully saturated rings. The van der Waals surface area contributed by atoms with Crippen LogP contribution < -0.4 is 0 Å². The Balaban J connectivity index is 5.24. The van der Waals surface area contributed by atoms with E-state index in [1.807, 2.05) is 0 Å². The number of aliphatic hydroxyl groups excluding tert-OH is 1. The number of unbranched alkanes of at least 4 members (excludes halogenated alkanes) is 50. The van der Waals surface area contributed by atoms with Crippen LogP contribution in [0.25, 0.3) is 0 Å². The normalized spacial score (nSPS) is 13.9. The summed E-state index contributed by atoms with van der Waals surface area (Å²) >= 11 is 0. The summed E-state index contributed by atoms with van der Waals surface area (Å²) in [5.74, 6) is -1.33. The number of hydrogen-bond acceptors (Lipinski definition) is 15. The third kappa shape index (κ3) is 72.2. The Kier molecular flexibility index (Phi) is 69.6. The fourth-order valence-corrected chi connectivity index (χ4v) is 13.6. The number of esters is 4. The lowest BCUT2D eigenvalue weighted by Crippen LogP contribution is -2.30. The lowest BCUT2D eigenvalue weighted by atomic mass is 10.0. The number of phosphoric acid groups is 2. The second-order valence-electron chi connectivity index (χ2n) is 28.6. The van der Waals surface area contributed by atoms with Gasteiger partial charge < -0.3 is 33.8 Å². The number of hydrogen-bond donors (Lipinski definition) is 3. The molecule has 0 amide bonds.